The highest BCUT2D eigenvalue weighted by Crippen LogP contribution is 2.17. The zero-order valence-corrected chi connectivity index (χ0v) is 11.6. The number of nitrogens with one attached hydrogen (secondary N) is 1. The van der Waals surface area contributed by atoms with Gasteiger partial charge in [-0.25, -0.2) is 0 Å². The summed E-state index contributed by atoms with van der Waals surface area (Å²) in [5.74, 6) is -0.404. The third-order valence-electron chi connectivity index (χ3n) is 3.32. The number of hydrogen-bond donors (Lipinski definition) is 1. The predicted octanol–water partition coefficient (Wildman–Crippen LogP) is 0.786. The normalized spacial score (nSPS) is 17.8. The quantitative estimate of drug-likeness (QED) is 0.714. The maximum atomic E-state index is 11.8. The number of nitrogens with zero attached hydrogens (tertiary/aromatic N) is 1. The van der Waals surface area contributed by atoms with E-state index in [1.807, 2.05) is 11.9 Å². The minimum Gasteiger partial charge on any atom is -0.469 e. The average molecular weight is 256 g/mol. The fraction of sp³-hybridized carbons (Fsp3) is 0.846. The first-order valence-corrected chi connectivity index (χ1v) is 6.58. The summed E-state index contributed by atoms with van der Waals surface area (Å²) in [4.78, 5) is 24.9. The van der Waals surface area contributed by atoms with Crippen LogP contribution in [0.15, 0.2) is 0 Å². The van der Waals surface area contributed by atoms with Crippen LogP contribution in [0.4, 0.5) is 0 Å². The summed E-state index contributed by atoms with van der Waals surface area (Å²) in [6, 6.07) is 0.351. The van der Waals surface area contributed by atoms with Crippen molar-refractivity contribution in [3.05, 3.63) is 0 Å². The Kier molecular flexibility index (Phi) is 6.12. The summed E-state index contributed by atoms with van der Waals surface area (Å²) in [6.45, 7) is 2.67. The number of carbonyl (C=O) groups is 2. The Morgan fingerprint density at radius 2 is 2.00 bits per heavy atom. The van der Waals surface area contributed by atoms with Crippen LogP contribution in [0.1, 0.15) is 32.6 Å². The number of ether oxygens (including phenoxy) is 1. The van der Waals surface area contributed by atoms with Gasteiger partial charge in [-0.05, 0) is 19.9 Å². The van der Waals surface area contributed by atoms with Gasteiger partial charge in [-0.3, -0.25) is 14.5 Å². The van der Waals surface area contributed by atoms with Gasteiger partial charge in [-0.15, -0.1) is 0 Å². The monoisotopic (exact) mass is 256 g/mol. The number of rotatable bonds is 6. The van der Waals surface area contributed by atoms with Crippen molar-refractivity contribution in [1.29, 1.82) is 0 Å². The summed E-state index contributed by atoms with van der Waals surface area (Å²) in [7, 11) is 3.22. The van der Waals surface area contributed by atoms with Gasteiger partial charge in [0.1, 0.15) is 0 Å². The Hall–Kier alpha value is -1.10. The highest BCUT2D eigenvalue weighted by atomic mass is 16.5. The van der Waals surface area contributed by atoms with Crippen molar-refractivity contribution in [1.82, 2.24) is 10.2 Å². The first kappa shape index (κ1) is 15.0. The molecule has 0 radical (unpaired) electrons. The van der Waals surface area contributed by atoms with Gasteiger partial charge in [0.05, 0.1) is 19.6 Å². The minimum absolute atomic E-state index is 0.0430. The Bertz CT molecular complexity index is 288. The van der Waals surface area contributed by atoms with Crippen molar-refractivity contribution < 1.29 is 14.3 Å². The first-order chi connectivity index (χ1) is 8.52. The van der Waals surface area contributed by atoms with Crippen LogP contribution in [0.2, 0.25) is 0 Å². The second-order valence-corrected chi connectivity index (χ2v) is 5.17. The third-order valence-corrected chi connectivity index (χ3v) is 3.32. The molecule has 104 valence electrons. The number of hydrogen-bond acceptors (Lipinski definition) is 4. The van der Waals surface area contributed by atoms with Crippen molar-refractivity contribution in [2.24, 2.45) is 5.92 Å². The van der Waals surface area contributed by atoms with Gasteiger partial charge in [0.15, 0.2) is 0 Å². The van der Waals surface area contributed by atoms with E-state index in [0.29, 0.717) is 19.1 Å². The highest BCUT2D eigenvalue weighted by Gasteiger charge is 2.20. The standard InChI is InChI=1S/C13H24N2O3/c1-10(13(17)18-3)8-15(2)9-12(16)14-11-6-4-5-7-11/h10-11H,4-9H2,1-3H3,(H,14,16). The van der Waals surface area contributed by atoms with Crippen LogP contribution in [0.3, 0.4) is 0 Å². The molecule has 0 aromatic rings. The van der Waals surface area contributed by atoms with Crippen LogP contribution >= 0.6 is 0 Å². The maximum Gasteiger partial charge on any atom is 0.309 e. The fourth-order valence-corrected chi connectivity index (χ4v) is 2.40. The highest BCUT2D eigenvalue weighted by molar-refractivity contribution is 5.78. The molecule has 1 saturated carbocycles. The van der Waals surface area contributed by atoms with Gasteiger partial charge < -0.3 is 10.1 Å². The Labute approximate surface area is 109 Å². The van der Waals surface area contributed by atoms with E-state index in [4.69, 9.17) is 0 Å². The number of methoxy groups -OCH3 is 1. The molecule has 0 aromatic carbocycles. The van der Waals surface area contributed by atoms with Gasteiger partial charge in [0.25, 0.3) is 0 Å². The third kappa shape index (κ3) is 5.04. The summed E-state index contributed by atoms with van der Waals surface area (Å²) >= 11 is 0. The molecule has 5 nitrogen and oxygen atoms in total. The van der Waals surface area contributed by atoms with E-state index in [9.17, 15) is 9.59 Å². The van der Waals surface area contributed by atoms with Crippen LogP contribution in [0.5, 0.6) is 0 Å². The zero-order chi connectivity index (χ0) is 13.5. The smallest absolute Gasteiger partial charge is 0.309 e. The van der Waals surface area contributed by atoms with Crippen molar-refractivity contribution in [3.8, 4) is 0 Å². The van der Waals surface area contributed by atoms with Crippen molar-refractivity contribution in [2.75, 3.05) is 27.2 Å². The molecule has 5 heteroatoms. The second-order valence-electron chi connectivity index (χ2n) is 5.17. The number of carbonyl (C=O) groups excluding carboxylic acids is 2. The Morgan fingerprint density at radius 3 is 2.56 bits per heavy atom. The largest absolute Gasteiger partial charge is 0.469 e. The molecule has 1 aliphatic carbocycles. The lowest BCUT2D eigenvalue weighted by atomic mass is 10.2. The number of esters is 1. The molecule has 18 heavy (non-hydrogen) atoms. The molecule has 0 aromatic heterocycles. The lowest BCUT2D eigenvalue weighted by Gasteiger charge is -2.20. The molecule has 0 bridgehead atoms. The fourth-order valence-electron chi connectivity index (χ4n) is 2.40. The first-order valence-electron chi connectivity index (χ1n) is 6.58. The second kappa shape index (κ2) is 7.36. The van der Waals surface area contributed by atoms with Gasteiger partial charge in [-0.2, -0.15) is 0 Å². The molecule has 1 rings (SSSR count). The lowest BCUT2D eigenvalue weighted by molar-refractivity contribution is -0.145. The molecule has 1 amide bonds. The number of likely N-dealkylation sites (N-methyl/N-ethyl adjacent to an activating group) is 1. The topological polar surface area (TPSA) is 58.6 Å². The minimum atomic E-state index is -0.238. The molecular weight excluding hydrogens is 232 g/mol. The van der Waals surface area contributed by atoms with Gasteiger partial charge in [0.2, 0.25) is 5.91 Å². The molecule has 1 fully saturated rings. The van der Waals surface area contributed by atoms with Gasteiger partial charge in [-0.1, -0.05) is 19.8 Å². The predicted molar refractivity (Wildman–Crippen MR) is 69.1 cm³/mol. The van der Waals surface area contributed by atoms with E-state index in [2.05, 4.69) is 10.1 Å². The van der Waals surface area contributed by atoms with E-state index in [-0.39, 0.29) is 17.8 Å². The molecule has 0 heterocycles. The molecule has 0 saturated heterocycles. The Balaban J connectivity index is 2.23. The van der Waals surface area contributed by atoms with Gasteiger partial charge >= 0.3 is 5.97 Å². The molecule has 0 aliphatic heterocycles. The van der Waals surface area contributed by atoms with Crippen molar-refractivity contribution in [2.45, 2.75) is 38.6 Å². The van der Waals surface area contributed by atoms with Crippen molar-refractivity contribution in [3.63, 3.8) is 0 Å². The Morgan fingerprint density at radius 1 is 1.39 bits per heavy atom. The van der Waals surface area contributed by atoms with E-state index in [1.54, 1.807) is 6.92 Å². The van der Waals surface area contributed by atoms with Gasteiger partial charge in [0, 0.05) is 12.6 Å². The van der Waals surface area contributed by atoms with E-state index >= 15 is 0 Å². The molecule has 1 N–H and O–H groups in total. The molecule has 1 aliphatic rings. The van der Waals surface area contributed by atoms with Crippen LogP contribution in [0.25, 0.3) is 0 Å². The van der Waals surface area contributed by atoms with E-state index in [1.165, 1.54) is 20.0 Å². The molecule has 0 spiro atoms. The van der Waals surface area contributed by atoms with Crippen LogP contribution in [-0.4, -0.2) is 50.1 Å². The summed E-state index contributed by atoms with van der Waals surface area (Å²) in [6.07, 6.45) is 4.60. The maximum absolute atomic E-state index is 11.8. The SMILES string of the molecule is COC(=O)C(C)CN(C)CC(=O)NC1CCCC1. The summed E-state index contributed by atoms with van der Waals surface area (Å²) in [5, 5.41) is 3.03. The summed E-state index contributed by atoms with van der Waals surface area (Å²) < 4.78 is 4.66. The van der Waals surface area contributed by atoms with E-state index in [0.717, 1.165) is 12.8 Å². The van der Waals surface area contributed by atoms with E-state index < -0.39 is 0 Å². The van der Waals surface area contributed by atoms with Crippen LogP contribution in [-0.2, 0) is 14.3 Å². The van der Waals surface area contributed by atoms with Crippen molar-refractivity contribution >= 4 is 11.9 Å². The molecule has 1 atom stereocenters. The number of amides is 1. The van der Waals surface area contributed by atoms with Crippen LogP contribution < -0.4 is 5.32 Å². The summed E-state index contributed by atoms with van der Waals surface area (Å²) in [5.41, 5.74) is 0. The molecular formula is C13H24N2O3. The average Bonchev–Trinajstić information content (AvgIpc) is 2.79. The lowest BCUT2D eigenvalue weighted by Crippen LogP contribution is -2.41. The zero-order valence-electron chi connectivity index (χ0n) is 11.6. The molecule has 1 unspecified atom stereocenters. The van der Waals surface area contributed by atoms with Crippen LogP contribution in [0, 0.1) is 5.92 Å².